The standard InChI is InChI=1S/C12H13BrClN3O/c1-6(2)17-10(11(15)16-12(17)18)8-4-3-7(13)5-9(8)14/h3-6,10H,1-2H3,(H2,15,16,18). The Hall–Kier alpha value is -1.07. The number of hydrogen-bond donors (Lipinski definition) is 1. The van der Waals surface area contributed by atoms with Gasteiger partial charge in [-0.2, -0.15) is 4.99 Å². The van der Waals surface area contributed by atoms with E-state index in [1.807, 2.05) is 26.0 Å². The summed E-state index contributed by atoms with van der Waals surface area (Å²) in [5, 5.41) is 0.563. The van der Waals surface area contributed by atoms with Gasteiger partial charge in [-0.15, -0.1) is 0 Å². The summed E-state index contributed by atoms with van der Waals surface area (Å²) in [5.74, 6) is 0.290. The number of carbonyl (C=O) groups is 1. The summed E-state index contributed by atoms with van der Waals surface area (Å²) in [5.41, 5.74) is 6.65. The lowest BCUT2D eigenvalue weighted by Crippen LogP contribution is -2.38. The van der Waals surface area contributed by atoms with Crippen LogP contribution in [0.4, 0.5) is 4.79 Å². The lowest BCUT2D eigenvalue weighted by atomic mass is 10.0. The van der Waals surface area contributed by atoms with Crippen LogP contribution in [0.5, 0.6) is 0 Å². The summed E-state index contributed by atoms with van der Waals surface area (Å²) in [6.45, 7) is 3.84. The van der Waals surface area contributed by atoms with Crippen molar-refractivity contribution < 1.29 is 4.79 Å². The second-order valence-electron chi connectivity index (χ2n) is 4.39. The fraction of sp³-hybridized carbons (Fsp3) is 0.333. The highest BCUT2D eigenvalue weighted by atomic mass is 79.9. The van der Waals surface area contributed by atoms with Crippen molar-refractivity contribution in [3.63, 3.8) is 0 Å². The van der Waals surface area contributed by atoms with Crippen molar-refractivity contribution in [1.82, 2.24) is 4.90 Å². The molecule has 1 aromatic carbocycles. The molecule has 0 spiro atoms. The van der Waals surface area contributed by atoms with Gasteiger partial charge in [-0.05, 0) is 26.0 Å². The summed E-state index contributed by atoms with van der Waals surface area (Å²) < 4.78 is 0.882. The highest BCUT2D eigenvalue weighted by Crippen LogP contribution is 2.34. The largest absolute Gasteiger partial charge is 0.385 e. The molecule has 1 atom stereocenters. The molecule has 0 saturated carbocycles. The Morgan fingerprint density at radius 1 is 1.50 bits per heavy atom. The maximum atomic E-state index is 11.8. The van der Waals surface area contributed by atoms with Gasteiger partial charge in [0.2, 0.25) is 0 Å². The number of amidine groups is 1. The molecule has 1 aliphatic heterocycles. The number of rotatable bonds is 2. The van der Waals surface area contributed by atoms with E-state index in [0.717, 1.165) is 10.0 Å². The van der Waals surface area contributed by atoms with Crippen molar-refractivity contribution in [2.75, 3.05) is 0 Å². The first-order valence-corrected chi connectivity index (χ1v) is 6.70. The van der Waals surface area contributed by atoms with Crippen LogP contribution in [0.3, 0.4) is 0 Å². The quantitative estimate of drug-likeness (QED) is 0.904. The first kappa shape index (κ1) is 13.4. The maximum Gasteiger partial charge on any atom is 0.346 e. The Morgan fingerprint density at radius 2 is 2.17 bits per heavy atom. The van der Waals surface area contributed by atoms with Crippen LogP contribution >= 0.6 is 27.5 Å². The van der Waals surface area contributed by atoms with Crippen molar-refractivity contribution in [2.24, 2.45) is 10.7 Å². The molecule has 18 heavy (non-hydrogen) atoms. The van der Waals surface area contributed by atoms with E-state index < -0.39 is 0 Å². The molecule has 1 aliphatic rings. The molecule has 6 heteroatoms. The van der Waals surface area contributed by atoms with Crippen LogP contribution in [0.1, 0.15) is 25.5 Å². The van der Waals surface area contributed by atoms with Gasteiger partial charge in [-0.25, -0.2) is 4.79 Å². The van der Waals surface area contributed by atoms with E-state index in [4.69, 9.17) is 17.3 Å². The molecule has 0 bridgehead atoms. The van der Waals surface area contributed by atoms with Gasteiger partial charge in [0.25, 0.3) is 0 Å². The highest BCUT2D eigenvalue weighted by molar-refractivity contribution is 9.10. The molecule has 0 saturated heterocycles. The predicted octanol–water partition coefficient (Wildman–Crippen LogP) is 3.34. The van der Waals surface area contributed by atoms with E-state index in [9.17, 15) is 4.79 Å². The summed E-state index contributed by atoms with van der Waals surface area (Å²) >= 11 is 9.56. The molecular formula is C12H13BrClN3O. The molecule has 2 rings (SSSR count). The zero-order chi connectivity index (χ0) is 13.4. The molecule has 2 amide bonds. The van der Waals surface area contributed by atoms with Gasteiger partial charge in [0.15, 0.2) is 0 Å². The second kappa shape index (κ2) is 4.90. The molecule has 1 heterocycles. The van der Waals surface area contributed by atoms with E-state index in [1.54, 1.807) is 11.0 Å². The lowest BCUT2D eigenvalue weighted by molar-refractivity contribution is 0.190. The third kappa shape index (κ3) is 2.24. The molecule has 1 unspecified atom stereocenters. The topological polar surface area (TPSA) is 58.7 Å². The molecule has 0 radical (unpaired) electrons. The second-order valence-corrected chi connectivity index (χ2v) is 5.71. The fourth-order valence-electron chi connectivity index (χ4n) is 2.03. The Kier molecular flexibility index (Phi) is 3.64. The Bertz CT molecular complexity index is 530. The van der Waals surface area contributed by atoms with Crippen LogP contribution in [0.2, 0.25) is 5.02 Å². The first-order chi connectivity index (χ1) is 8.41. The third-order valence-corrected chi connectivity index (χ3v) is 3.64. The van der Waals surface area contributed by atoms with Crippen molar-refractivity contribution in [3.05, 3.63) is 33.3 Å². The number of aliphatic imine (C=N–C) groups is 1. The monoisotopic (exact) mass is 329 g/mol. The van der Waals surface area contributed by atoms with Crippen molar-refractivity contribution >= 4 is 39.4 Å². The molecule has 4 nitrogen and oxygen atoms in total. The van der Waals surface area contributed by atoms with E-state index in [-0.39, 0.29) is 24.0 Å². The van der Waals surface area contributed by atoms with Crippen LogP contribution in [0, 0.1) is 0 Å². The van der Waals surface area contributed by atoms with Crippen molar-refractivity contribution in [2.45, 2.75) is 25.9 Å². The summed E-state index contributed by atoms with van der Waals surface area (Å²) in [6.07, 6.45) is 0. The van der Waals surface area contributed by atoms with E-state index >= 15 is 0 Å². The molecular weight excluding hydrogens is 318 g/mol. The maximum absolute atomic E-state index is 11.8. The molecule has 0 aliphatic carbocycles. The van der Waals surface area contributed by atoms with Crippen LogP contribution < -0.4 is 5.73 Å². The number of nitrogens with zero attached hydrogens (tertiary/aromatic N) is 2. The minimum Gasteiger partial charge on any atom is -0.385 e. The molecule has 0 fully saturated rings. The first-order valence-electron chi connectivity index (χ1n) is 5.53. The van der Waals surface area contributed by atoms with Crippen LogP contribution in [-0.4, -0.2) is 22.8 Å². The Labute approximate surface area is 119 Å². The van der Waals surface area contributed by atoms with Gasteiger partial charge in [0.05, 0.1) is 0 Å². The number of benzene rings is 1. The Morgan fingerprint density at radius 3 is 2.72 bits per heavy atom. The summed E-state index contributed by atoms with van der Waals surface area (Å²) in [4.78, 5) is 17.2. The van der Waals surface area contributed by atoms with E-state index in [2.05, 4.69) is 20.9 Å². The lowest BCUT2D eigenvalue weighted by Gasteiger charge is -2.28. The van der Waals surface area contributed by atoms with Crippen LogP contribution in [-0.2, 0) is 0 Å². The number of nitrogens with two attached hydrogens (primary N) is 1. The van der Waals surface area contributed by atoms with Crippen LogP contribution in [0.15, 0.2) is 27.7 Å². The predicted molar refractivity (Wildman–Crippen MR) is 75.9 cm³/mol. The van der Waals surface area contributed by atoms with Gasteiger partial charge in [-0.1, -0.05) is 33.6 Å². The normalized spacial score (nSPS) is 19.6. The molecule has 2 N–H and O–H groups in total. The number of carbonyl (C=O) groups excluding carboxylic acids is 1. The van der Waals surface area contributed by atoms with Gasteiger partial charge in [0, 0.05) is 21.1 Å². The number of amides is 2. The van der Waals surface area contributed by atoms with E-state index in [0.29, 0.717) is 5.02 Å². The van der Waals surface area contributed by atoms with E-state index in [1.165, 1.54) is 0 Å². The van der Waals surface area contributed by atoms with Crippen LogP contribution in [0.25, 0.3) is 0 Å². The summed E-state index contributed by atoms with van der Waals surface area (Å²) in [7, 11) is 0. The molecule has 96 valence electrons. The zero-order valence-corrected chi connectivity index (χ0v) is 12.4. The Balaban J connectivity index is 2.48. The SMILES string of the molecule is CC(C)N1C(=O)N=C(N)C1c1ccc(Br)cc1Cl. The average molecular weight is 331 g/mol. The van der Waals surface area contributed by atoms with Crippen molar-refractivity contribution in [3.8, 4) is 0 Å². The van der Waals surface area contributed by atoms with Crippen molar-refractivity contribution in [1.29, 1.82) is 0 Å². The van der Waals surface area contributed by atoms with Gasteiger partial charge < -0.3 is 10.6 Å². The number of halogens is 2. The number of urea groups is 1. The van der Waals surface area contributed by atoms with Gasteiger partial charge in [0.1, 0.15) is 11.9 Å². The zero-order valence-electron chi connectivity index (χ0n) is 10.0. The van der Waals surface area contributed by atoms with Gasteiger partial charge in [-0.3, -0.25) is 0 Å². The number of hydrogen-bond acceptors (Lipinski definition) is 2. The highest BCUT2D eigenvalue weighted by Gasteiger charge is 2.37. The minimum atomic E-state index is -0.377. The molecule has 0 aromatic heterocycles. The average Bonchev–Trinajstić information content (AvgIpc) is 2.53. The fourth-order valence-corrected chi connectivity index (χ4v) is 2.81. The minimum absolute atomic E-state index is 0.00649. The summed E-state index contributed by atoms with van der Waals surface area (Å²) in [6, 6.07) is 4.82. The third-order valence-electron chi connectivity index (χ3n) is 2.82. The smallest absolute Gasteiger partial charge is 0.346 e. The molecule has 1 aromatic rings. The van der Waals surface area contributed by atoms with Gasteiger partial charge >= 0.3 is 6.03 Å².